The van der Waals surface area contributed by atoms with Gasteiger partial charge in [0.2, 0.25) is 5.91 Å². The van der Waals surface area contributed by atoms with E-state index in [4.69, 9.17) is 16.9 Å². The van der Waals surface area contributed by atoms with Crippen LogP contribution in [-0.2, 0) is 9.53 Å². The van der Waals surface area contributed by atoms with Gasteiger partial charge in [-0.1, -0.05) is 17.7 Å². The molecule has 6 nitrogen and oxygen atoms in total. The number of hydrogen-bond donors (Lipinski definition) is 2. The molecule has 0 aromatic heterocycles. The van der Waals surface area contributed by atoms with Crippen molar-refractivity contribution in [3.8, 4) is 6.07 Å². The molecule has 0 spiro atoms. The maximum Gasteiger partial charge on any atom is 0.337 e. The van der Waals surface area contributed by atoms with Gasteiger partial charge in [0.05, 0.1) is 41.6 Å². The Morgan fingerprint density at radius 1 is 1.25 bits per heavy atom. The molecule has 0 bridgehead atoms. The highest BCUT2D eigenvalue weighted by atomic mass is 35.5. The van der Waals surface area contributed by atoms with E-state index in [2.05, 4.69) is 15.4 Å². The summed E-state index contributed by atoms with van der Waals surface area (Å²) in [5.74, 6) is -0.866. The van der Waals surface area contributed by atoms with Crippen molar-refractivity contribution >= 4 is 34.9 Å². The number of nitrogens with one attached hydrogen (secondary N) is 2. The van der Waals surface area contributed by atoms with Crippen LogP contribution in [0.25, 0.3) is 0 Å². The number of carbonyl (C=O) groups is 2. The van der Waals surface area contributed by atoms with Crippen molar-refractivity contribution in [3.05, 3.63) is 58.6 Å². The minimum atomic E-state index is -0.520. The lowest BCUT2D eigenvalue weighted by atomic mass is 10.2. The van der Waals surface area contributed by atoms with E-state index in [1.165, 1.54) is 25.3 Å². The second-order valence-corrected chi connectivity index (χ2v) is 5.19. The predicted octanol–water partition coefficient (Wildman–Crippen LogP) is 3.05. The number of nitriles is 1. The molecule has 0 unspecified atom stereocenters. The van der Waals surface area contributed by atoms with Crippen LogP contribution in [-0.4, -0.2) is 25.5 Å². The maximum atomic E-state index is 12.0. The predicted molar refractivity (Wildman–Crippen MR) is 91.1 cm³/mol. The number of methoxy groups -OCH3 is 1. The highest BCUT2D eigenvalue weighted by molar-refractivity contribution is 6.33. The van der Waals surface area contributed by atoms with Crippen LogP contribution in [0.2, 0.25) is 5.02 Å². The van der Waals surface area contributed by atoms with E-state index in [0.717, 1.165) is 0 Å². The first-order chi connectivity index (χ1) is 11.5. The number of esters is 1. The van der Waals surface area contributed by atoms with Gasteiger partial charge in [0.25, 0.3) is 0 Å². The Kier molecular flexibility index (Phi) is 5.77. The summed E-state index contributed by atoms with van der Waals surface area (Å²) < 4.78 is 4.63. The molecule has 0 heterocycles. The van der Waals surface area contributed by atoms with Crippen molar-refractivity contribution < 1.29 is 14.3 Å². The molecule has 1 amide bonds. The van der Waals surface area contributed by atoms with Gasteiger partial charge in [-0.3, -0.25) is 4.79 Å². The minimum Gasteiger partial charge on any atom is -0.465 e. The number of amides is 1. The quantitative estimate of drug-likeness (QED) is 0.814. The lowest BCUT2D eigenvalue weighted by molar-refractivity contribution is -0.114. The first-order valence-electron chi connectivity index (χ1n) is 6.95. The van der Waals surface area contributed by atoms with Gasteiger partial charge in [0.15, 0.2) is 0 Å². The monoisotopic (exact) mass is 343 g/mol. The molecular weight excluding hydrogens is 330 g/mol. The summed E-state index contributed by atoms with van der Waals surface area (Å²) >= 11 is 6.02. The first-order valence-corrected chi connectivity index (χ1v) is 7.33. The fourth-order valence-corrected chi connectivity index (χ4v) is 2.11. The first kappa shape index (κ1) is 17.3. The highest BCUT2D eigenvalue weighted by Crippen LogP contribution is 2.23. The van der Waals surface area contributed by atoms with Gasteiger partial charge in [-0.2, -0.15) is 5.26 Å². The zero-order valence-electron chi connectivity index (χ0n) is 12.8. The normalized spacial score (nSPS) is 9.71. The zero-order valence-corrected chi connectivity index (χ0v) is 13.6. The van der Waals surface area contributed by atoms with E-state index in [1.54, 1.807) is 24.3 Å². The molecule has 0 radical (unpaired) electrons. The Labute approximate surface area is 144 Å². The lowest BCUT2D eigenvalue weighted by Crippen LogP contribution is -2.22. The summed E-state index contributed by atoms with van der Waals surface area (Å²) in [6.07, 6.45) is 0. The zero-order chi connectivity index (χ0) is 17.5. The van der Waals surface area contributed by atoms with Gasteiger partial charge in [-0.15, -0.1) is 0 Å². The second-order valence-electron chi connectivity index (χ2n) is 4.78. The SMILES string of the molecule is COC(=O)c1ccc(Cl)c(NC(=O)CNc2cccc(C#N)c2)c1. The molecule has 2 N–H and O–H groups in total. The molecule has 0 aliphatic rings. The summed E-state index contributed by atoms with van der Waals surface area (Å²) in [5.41, 5.74) is 1.75. The molecule has 0 fully saturated rings. The van der Waals surface area contributed by atoms with Crippen molar-refractivity contribution in [2.75, 3.05) is 24.3 Å². The molecule has 0 atom stereocenters. The summed E-state index contributed by atoms with van der Waals surface area (Å²) in [6, 6.07) is 13.3. The van der Waals surface area contributed by atoms with E-state index < -0.39 is 5.97 Å². The fourth-order valence-electron chi connectivity index (χ4n) is 1.94. The number of halogens is 1. The Bertz CT molecular complexity index is 815. The molecular formula is C17H14ClN3O3. The van der Waals surface area contributed by atoms with Crippen molar-refractivity contribution in [1.29, 1.82) is 5.26 Å². The average Bonchev–Trinajstić information content (AvgIpc) is 2.61. The third-order valence-electron chi connectivity index (χ3n) is 3.11. The Balaban J connectivity index is 2.02. The van der Waals surface area contributed by atoms with Crippen LogP contribution < -0.4 is 10.6 Å². The Hall–Kier alpha value is -3.04. The van der Waals surface area contributed by atoms with E-state index in [9.17, 15) is 9.59 Å². The van der Waals surface area contributed by atoms with E-state index in [0.29, 0.717) is 22.0 Å². The van der Waals surface area contributed by atoms with E-state index >= 15 is 0 Å². The molecule has 7 heteroatoms. The van der Waals surface area contributed by atoms with Crippen LogP contribution in [0.5, 0.6) is 0 Å². The van der Waals surface area contributed by atoms with Crippen LogP contribution in [0.3, 0.4) is 0 Å². The van der Waals surface area contributed by atoms with Crippen LogP contribution in [0, 0.1) is 11.3 Å². The molecule has 2 aromatic rings. The van der Waals surface area contributed by atoms with Gasteiger partial charge >= 0.3 is 5.97 Å². The van der Waals surface area contributed by atoms with Crippen LogP contribution >= 0.6 is 11.6 Å². The van der Waals surface area contributed by atoms with Gasteiger partial charge in [-0.25, -0.2) is 4.79 Å². The lowest BCUT2D eigenvalue weighted by Gasteiger charge is -2.10. The van der Waals surface area contributed by atoms with Crippen molar-refractivity contribution in [2.45, 2.75) is 0 Å². The number of nitrogens with zero attached hydrogens (tertiary/aromatic N) is 1. The molecule has 122 valence electrons. The summed E-state index contributed by atoms with van der Waals surface area (Å²) in [5, 5.41) is 14.7. The molecule has 0 aliphatic carbocycles. The van der Waals surface area contributed by atoms with Crippen LogP contribution in [0.15, 0.2) is 42.5 Å². The van der Waals surface area contributed by atoms with Crippen molar-refractivity contribution in [3.63, 3.8) is 0 Å². The van der Waals surface area contributed by atoms with Crippen LogP contribution in [0.1, 0.15) is 15.9 Å². The molecule has 24 heavy (non-hydrogen) atoms. The number of benzene rings is 2. The van der Waals surface area contributed by atoms with E-state index in [1.807, 2.05) is 6.07 Å². The average molecular weight is 344 g/mol. The number of carbonyl (C=O) groups excluding carboxylic acids is 2. The summed E-state index contributed by atoms with van der Waals surface area (Å²) in [6.45, 7) is -0.0202. The van der Waals surface area contributed by atoms with Gasteiger partial charge in [0, 0.05) is 5.69 Å². The smallest absolute Gasteiger partial charge is 0.337 e. The van der Waals surface area contributed by atoms with Gasteiger partial charge < -0.3 is 15.4 Å². The summed E-state index contributed by atoms with van der Waals surface area (Å²) in [4.78, 5) is 23.5. The largest absolute Gasteiger partial charge is 0.465 e. The van der Waals surface area contributed by atoms with Crippen LogP contribution in [0.4, 0.5) is 11.4 Å². The summed E-state index contributed by atoms with van der Waals surface area (Å²) in [7, 11) is 1.27. The van der Waals surface area contributed by atoms with E-state index in [-0.39, 0.29) is 18.0 Å². The topological polar surface area (TPSA) is 91.2 Å². The Morgan fingerprint density at radius 3 is 2.75 bits per heavy atom. The third-order valence-corrected chi connectivity index (χ3v) is 3.44. The van der Waals surface area contributed by atoms with Gasteiger partial charge in [0.1, 0.15) is 0 Å². The minimum absolute atomic E-state index is 0.0202. The third kappa shape index (κ3) is 4.48. The molecule has 0 saturated carbocycles. The van der Waals surface area contributed by atoms with Crippen molar-refractivity contribution in [2.24, 2.45) is 0 Å². The highest BCUT2D eigenvalue weighted by Gasteiger charge is 2.11. The Morgan fingerprint density at radius 2 is 2.04 bits per heavy atom. The number of anilines is 2. The standard InChI is InChI=1S/C17H14ClN3O3/c1-24-17(23)12-5-6-14(18)15(8-12)21-16(22)10-20-13-4-2-3-11(7-13)9-19/h2-8,20H,10H2,1H3,(H,21,22). The molecule has 0 aliphatic heterocycles. The molecule has 2 rings (SSSR count). The van der Waals surface area contributed by atoms with Crippen molar-refractivity contribution in [1.82, 2.24) is 0 Å². The fraction of sp³-hybridized carbons (Fsp3) is 0.118. The number of rotatable bonds is 5. The maximum absolute atomic E-state index is 12.0. The molecule has 0 saturated heterocycles. The molecule has 2 aromatic carbocycles. The number of ether oxygens (including phenoxy) is 1. The van der Waals surface area contributed by atoms with Gasteiger partial charge in [-0.05, 0) is 36.4 Å². The second kappa shape index (κ2) is 7.99. The number of hydrogen-bond acceptors (Lipinski definition) is 5.